The molecule has 0 aromatic heterocycles. The number of rotatable bonds is 12. The number of aliphatic hydroxyl groups excluding tert-OH is 1. The highest BCUT2D eigenvalue weighted by molar-refractivity contribution is 5.30. The number of aliphatic hydroxyl groups is 1. The first-order valence-corrected chi connectivity index (χ1v) is 10.1. The van der Waals surface area contributed by atoms with Crippen molar-refractivity contribution in [2.24, 2.45) is 5.92 Å². The summed E-state index contributed by atoms with van der Waals surface area (Å²) in [6, 6.07) is 3.50. The maximum Gasteiger partial charge on any atom is 0.460 e. The number of hydrogen-bond acceptors (Lipinski definition) is 2. The van der Waals surface area contributed by atoms with Crippen LogP contribution in [0.2, 0.25) is 0 Å². The van der Waals surface area contributed by atoms with Crippen molar-refractivity contribution in [3.05, 3.63) is 29.8 Å². The fourth-order valence-electron chi connectivity index (χ4n) is 2.76. The standard InChI is InChI=1S/C20H17F17O2/c1-9(2)8-39-11-5-3-4-10(6-11)12(38)7-13(21,22)14(23,24)15(25,26)16(27,28)17(29,30)18(31,32)19(33,34)20(35,36)37/h3-6,9,12,38H,7-8H2,1-2H3. The Kier molecular flexibility index (Phi) is 9.21. The van der Waals surface area contributed by atoms with Crippen molar-refractivity contribution in [1.29, 1.82) is 0 Å². The molecule has 2 nitrogen and oxygen atoms in total. The van der Waals surface area contributed by atoms with Crippen LogP contribution < -0.4 is 4.74 Å². The summed E-state index contributed by atoms with van der Waals surface area (Å²) in [5, 5.41) is 9.78. The molecule has 0 fully saturated rings. The Morgan fingerprint density at radius 1 is 0.641 bits per heavy atom. The summed E-state index contributed by atoms with van der Waals surface area (Å²) < 4.78 is 232. The molecule has 0 radical (unpaired) electrons. The second kappa shape index (κ2) is 10.3. The van der Waals surface area contributed by atoms with E-state index in [1.807, 2.05) is 0 Å². The minimum Gasteiger partial charge on any atom is -0.493 e. The van der Waals surface area contributed by atoms with Crippen LogP contribution in [0.4, 0.5) is 74.6 Å². The first-order valence-electron chi connectivity index (χ1n) is 10.1. The molecule has 1 rings (SSSR count). The van der Waals surface area contributed by atoms with E-state index in [2.05, 4.69) is 0 Å². The maximum absolute atomic E-state index is 14.1. The molecule has 39 heavy (non-hydrogen) atoms. The number of halogens is 17. The van der Waals surface area contributed by atoms with E-state index in [0.29, 0.717) is 12.1 Å². The van der Waals surface area contributed by atoms with Gasteiger partial charge < -0.3 is 9.84 Å². The maximum atomic E-state index is 14.1. The molecule has 1 aromatic carbocycles. The second-order valence-electron chi connectivity index (χ2n) is 8.65. The molecule has 1 aromatic rings. The van der Waals surface area contributed by atoms with Crippen LogP contribution >= 0.6 is 0 Å². The average Bonchev–Trinajstić information content (AvgIpc) is 2.75. The first-order chi connectivity index (χ1) is 17.0. The minimum atomic E-state index is -8.69. The van der Waals surface area contributed by atoms with Gasteiger partial charge in [-0.3, -0.25) is 0 Å². The molecule has 1 atom stereocenters. The van der Waals surface area contributed by atoms with Gasteiger partial charge in [0.1, 0.15) is 5.75 Å². The highest BCUT2D eigenvalue weighted by Crippen LogP contribution is 2.64. The van der Waals surface area contributed by atoms with Crippen LogP contribution in [0, 0.1) is 5.92 Å². The van der Waals surface area contributed by atoms with E-state index >= 15 is 0 Å². The number of alkyl halides is 17. The van der Waals surface area contributed by atoms with E-state index in [1.165, 1.54) is 0 Å². The van der Waals surface area contributed by atoms with Gasteiger partial charge in [0.15, 0.2) is 0 Å². The Bertz CT molecular complexity index is 985. The van der Waals surface area contributed by atoms with Gasteiger partial charge in [0.05, 0.1) is 12.7 Å². The monoisotopic (exact) mass is 612 g/mol. The molecular weight excluding hydrogens is 595 g/mol. The summed E-state index contributed by atoms with van der Waals surface area (Å²) >= 11 is 0. The summed E-state index contributed by atoms with van der Waals surface area (Å²) in [5.41, 5.74) is -0.802. The highest BCUT2D eigenvalue weighted by Gasteiger charge is 2.95. The van der Waals surface area contributed by atoms with Crippen molar-refractivity contribution < 1.29 is 84.5 Å². The van der Waals surface area contributed by atoms with E-state index in [9.17, 15) is 79.7 Å². The molecule has 228 valence electrons. The minimum absolute atomic E-state index is 0.0265. The van der Waals surface area contributed by atoms with Gasteiger partial charge >= 0.3 is 47.6 Å². The van der Waals surface area contributed by atoms with Gasteiger partial charge in [-0.15, -0.1) is 0 Å². The molecule has 1 unspecified atom stereocenters. The summed E-state index contributed by atoms with van der Waals surface area (Å²) in [5.74, 6) is -57.4. The third kappa shape index (κ3) is 5.68. The molecule has 0 aliphatic carbocycles. The molecule has 0 saturated heterocycles. The van der Waals surface area contributed by atoms with Crippen molar-refractivity contribution in [3.8, 4) is 5.75 Å². The summed E-state index contributed by atoms with van der Waals surface area (Å²) in [6.45, 7) is 3.25. The summed E-state index contributed by atoms with van der Waals surface area (Å²) in [4.78, 5) is 0. The topological polar surface area (TPSA) is 29.5 Å². The Hall–Kier alpha value is -2.21. The smallest absolute Gasteiger partial charge is 0.460 e. The zero-order valence-corrected chi connectivity index (χ0v) is 19.2. The molecule has 0 saturated carbocycles. The van der Waals surface area contributed by atoms with Crippen LogP contribution in [-0.4, -0.2) is 59.3 Å². The van der Waals surface area contributed by atoms with Crippen molar-refractivity contribution >= 4 is 0 Å². The molecule has 1 N–H and O–H groups in total. The molecule has 0 aliphatic heterocycles. The quantitative estimate of drug-likeness (QED) is 0.242. The number of benzene rings is 1. The SMILES string of the molecule is CC(C)COc1cccc(C(O)CC(F)(F)C(F)(F)C(F)(F)C(F)(F)C(F)(F)C(F)(F)C(F)(F)C(F)(F)F)c1. The number of ether oxygens (including phenoxy) is 1. The molecule has 0 amide bonds. The number of hydrogen-bond donors (Lipinski definition) is 1. The van der Waals surface area contributed by atoms with Crippen LogP contribution in [-0.2, 0) is 0 Å². The Morgan fingerprint density at radius 3 is 1.46 bits per heavy atom. The van der Waals surface area contributed by atoms with E-state index in [4.69, 9.17) is 4.74 Å². The van der Waals surface area contributed by atoms with E-state index < -0.39 is 65.7 Å². The fraction of sp³-hybridized carbons (Fsp3) is 0.700. The average molecular weight is 612 g/mol. The third-order valence-corrected chi connectivity index (χ3v) is 5.06. The van der Waals surface area contributed by atoms with Crippen molar-refractivity contribution in [2.75, 3.05) is 6.61 Å². The van der Waals surface area contributed by atoms with E-state index in [-0.39, 0.29) is 18.3 Å². The normalized spacial score (nSPS) is 16.0. The van der Waals surface area contributed by atoms with Crippen LogP contribution in [0.1, 0.15) is 31.9 Å². The van der Waals surface area contributed by atoms with Crippen molar-refractivity contribution in [1.82, 2.24) is 0 Å². The van der Waals surface area contributed by atoms with E-state index in [1.54, 1.807) is 13.8 Å². The molecule has 0 spiro atoms. The zero-order chi connectivity index (χ0) is 31.3. The van der Waals surface area contributed by atoms with Gasteiger partial charge in [-0.25, -0.2) is 0 Å². The molecule has 0 heterocycles. The molecular formula is C20H17F17O2. The van der Waals surface area contributed by atoms with Gasteiger partial charge in [-0.2, -0.15) is 74.6 Å². The summed E-state index contributed by atoms with van der Waals surface area (Å²) in [7, 11) is 0. The Morgan fingerprint density at radius 2 is 1.05 bits per heavy atom. The lowest BCUT2D eigenvalue weighted by atomic mass is 9.87. The third-order valence-electron chi connectivity index (χ3n) is 5.06. The highest BCUT2D eigenvalue weighted by atomic mass is 19.4. The van der Waals surface area contributed by atoms with Crippen molar-refractivity contribution in [3.63, 3.8) is 0 Å². The Labute approximate surface area is 207 Å². The van der Waals surface area contributed by atoms with Crippen molar-refractivity contribution in [2.45, 2.75) is 74.0 Å². The Balaban J connectivity index is 3.45. The predicted molar refractivity (Wildman–Crippen MR) is 97.0 cm³/mol. The second-order valence-corrected chi connectivity index (χ2v) is 8.65. The first kappa shape index (κ1) is 34.8. The largest absolute Gasteiger partial charge is 0.493 e. The van der Waals surface area contributed by atoms with Gasteiger partial charge in [0.25, 0.3) is 0 Å². The van der Waals surface area contributed by atoms with Crippen LogP contribution in [0.25, 0.3) is 0 Å². The zero-order valence-electron chi connectivity index (χ0n) is 19.2. The van der Waals surface area contributed by atoms with Gasteiger partial charge in [0.2, 0.25) is 0 Å². The lowest BCUT2D eigenvalue weighted by Gasteiger charge is -2.43. The summed E-state index contributed by atoms with van der Waals surface area (Å²) in [6.07, 6.45) is -13.7. The molecule has 19 heteroatoms. The van der Waals surface area contributed by atoms with Gasteiger partial charge in [0, 0.05) is 6.42 Å². The molecule has 0 aliphatic rings. The molecule has 0 bridgehead atoms. The van der Waals surface area contributed by atoms with Crippen LogP contribution in [0.15, 0.2) is 24.3 Å². The lowest BCUT2D eigenvalue weighted by molar-refractivity contribution is -0.462. The van der Waals surface area contributed by atoms with Crippen LogP contribution in [0.5, 0.6) is 5.75 Å². The van der Waals surface area contributed by atoms with Crippen LogP contribution in [0.3, 0.4) is 0 Å². The van der Waals surface area contributed by atoms with Gasteiger partial charge in [-0.05, 0) is 23.6 Å². The van der Waals surface area contributed by atoms with Gasteiger partial charge in [-0.1, -0.05) is 26.0 Å². The van der Waals surface area contributed by atoms with E-state index in [0.717, 1.165) is 12.1 Å². The predicted octanol–water partition coefficient (Wildman–Crippen LogP) is 8.15. The fourth-order valence-corrected chi connectivity index (χ4v) is 2.76. The lowest BCUT2D eigenvalue weighted by Crippen LogP contribution is -2.74.